The van der Waals surface area contributed by atoms with Crippen LogP contribution in [0.25, 0.3) is 0 Å². The van der Waals surface area contributed by atoms with Crippen LogP contribution in [0.3, 0.4) is 0 Å². The molecule has 2 aliphatic rings. The van der Waals surface area contributed by atoms with Gasteiger partial charge in [0, 0.05) is 17.5 Å². The molecule has 1 aromatic rings. The summed E-state index contributed by atoms with van der Waals surface area (Å²) in [6.07, 6.45) is 5.62. The van der Waals surface area contributed by atoms with Crippen molar-refractivity contribution in [3.63, 3.8) is 0 Å². The Labute approximate surface area is 148 Å². The van der Waals surface area contributed by atoms with E-state index < -0.39 is 0 Å². The number of likely N-dealkylation sites (tertiary alicyclic amines) is 1. The predicted octanol–water partition coefficient (Wildman–Crippen LogP) is 3.22. The molecule has 4 unspecified atom stereocenters. The Bertz CT molecular complexity index is 572. The van der Waals surface area contributed by atoms with Crippen molar-refractivity contribution >= 4 is 23.2 Å². The molecule has 2 heterocycles. The van der Waals surface area contributed by atoms with Crippen LogP contribution in [0, 0.1) is 11.8 Å². The number of amides is 2. The summed E-state index contributed by atoms with van der Waals surface area (Å²) in [5, 5.41) is 5.24. The van der Waals surface area contributed by atoms with Gasteiger partial charge in [0.1, 0.15) is 6.04 Å². The van der Waals surface area contributed by atoms with E-state index in [-0.39, 0.29) is 23.9 Å². The number of hydrogen-bond acceptors (Lipinski definition) is 3. The first-order valence-corrected chi connectivity index (χ1v) is 10.1. The molecule has 132 valence electrons. The van der Waals surface area contributed by atoms with Gasteiger partial charge in [-0.25, -0.2) is 0 Å². The zero-order chi connectivity index (χ0) is 17.1. The second-order valence-corrected chi connectivity index (χ2v) is 8.42. The molecule has 3 rings (SSSR count). The zero-order valence-corrected chi connectivity index (χ0v) is 15.5. The SMILES string of the molecule is CC1CCCC(NC(=O)C2CCCN2C(=O)Cc2cccs2)C1C. The Morgan fingerprint density at radius 3 is 2.83 bits per heavy atom. The molecule has 0 aromatic carbocycles. The third-order valence-corrected chi connectivity index (χ3v) is 6.69. The lowest BCUT2D eigenvalue weighted by molar-refractivity contribution is -0.138. The van der Waals surface area contributed by atoms with E-state index >= 15 is 0 Å². The molecule has 1 saturated carbocycles. The highest BCUT2D eigenvalue weighted by Crippen LogP contribution is 2.30. The van der Waals surface area contributed by atoms with Crippen LogP contribution in [0.1, 0.15) is 50.8 Å². The van der Waals surface area contributed by atoms with Crippen molar-refractivity contribution in [2.24, 2.45) is 11.8 Å². The first-order chi connectivity index (χ1) is 11.6. The molecule has 0 radical (unpaired) electrons. The first-order valence-electron chi connectivity index (χ1n) is 9.18. The average molecular weight is 349 g/mol. The number of rotatable bonds is 4. The topological polar surface area (TPSA) is 49.4 Å². The van der Waals surface area contributed by atoms with Gasteiger partial charge in [0.05, 0.1) is 6.42 Å². The van der Waals surface area contributed by atoms with Crippen LogP contribution in [0.5, 0.6) is 0 Å². The molecule has 0 spiro atoms. The van der Waals surface area contributed by atoms with Gasteiger partial charge in [-0.05, 0) is 42.5 Å². The number of nitrogens with zero attached hydrogens (tertiary/aromatic N) is 1. The minimum Gasteiger partial charge on any atom is -0.351 e. The molecule has 1 aliphatic carbocycles. The molecule has 1 aliphatic heterocycles. The Kier molecular flexibility index (Phi) is 5.59. The fourth-order valence-corrected chi connectivity index (χ4v) is 4.76. The lowest BCUT2D eigenvalue weighted by Crippen LogP contribution is -2.52. The highest BCUT2D eigenvalue weighted by Gasteiger charge is 2.36. The lowest BCUT2D eigenvalue weighted by atomic mass is 9.78. The van der Waals surface area contributed by atoms with Gasteiger partial charge in [-0.2, -0.15) is 0 Å². The van der Waals surface area contributed by atoms with Crippen molar-refractivity contribution in [1.29, 1.82) is 0 Å². The van der Waals surface area contributed by atoms with Crippen molar-refractivity contribution in [2.45, 2.75) is 64.5 Å². The third kappa shape index (κ3) is 3.82. The van der Waals surface area contributed by atoms with E-state index in [9.17, 15) is 9.59 Å². The number of nitrogens with one attached hydrogen (secondary N) is 1. The Hall–Kier alpha value is -1.36. The largest absolute Gasteiger partial charge is 0.351 e. The molecule has 2 amide bonds. The summed E-state index contributed by atoms with van der Waals surface area (Å²) in [5.74, 6) is 1.31. The standard InChI is InChI=1S/C19H28N2O2S/c1-13-6-3-8-16(14(13)2)20-19(23)17-9-4-10-21(17)18(22)12-15-7-5-11-24-15/h5,7,11,13-14,16-17H,3-4,6,8-10,12H2,1-2H3,(H,20,23). The van der Waals surface area contributed by atoms with Crippen LogP contribution >= 0.6 is 11.3 Å². The number of carbonyl (C=O) groups excluding carboxylic acids is 2. The molecule has 1 saturated heterocycles. The van der Waals surface area contributed by atoms with E-state index in [4.69, 9.17) is 0 Å². The highest BCUT2D eigenvalue weighted by molar-refractivity contribution is 7.10. The molecule has 1 aromatic heterocycles. The second kappa shape index (κ2) is 7.68. The normalized spacial score (nSPS) is 30.3. The Morgan fingerprint density at radius 1 is 1.25 bits per heavy atom. The molecule has 1 N–H and O–H groups in total. The second-order valence-electron chi connectivity index (χ2n) is 7.38. The first kappa shape index (κ1) is 17.5. The van der Waals surface area contributed by atoms with E-state index in [1.165, 1.54) is 12.8 Å². The fourth-order valence-electron chi connectivity index (χ4n) is 4.07. The molecule has 4 nitrogen and oxygen atoms in total. The maximum atomic E-state index is 12.8. The highest BCUT2D eigenvalue weighted by atomic mass is 32.1. The zero-order valence-electron chi connectivity index (χ0n) is 14.7. The summed E-state index contributed by atoms with van der Waals surface area (Å²) >= 11 is 1.60. The van der Waals surface area contributed by atoms with Crippen LogP contribution in [0.4, 0.5) is 0 Å². The number of carbonyl (C=O) groups is 2. The molecule has 2 fully saturated rings. The van der Waals surface area contributed by atoms with Crippen molar-refractivity contribution in [1.82, 2.24) is 10.2 Å². The van der Waals surface area contributed by atoms with Crippen LogP contribution in [0.2, 0.25) is 0 Å². The molecule has 5 heteroatoms. The lowest BCUT2D eigenvalue weighted by Gasteiger charge is -2.36. The number of hydrogen-bond donors (Lipinski definition) is 1. The van der Waals surface area contributed by atoms with Crippen molar-refractivity contribution in [2.75, 3.05) is 6.54 Å². The minimum absolute atomic E-state index is 0.0537. The van der Waals surface area contributed by atoms with Gasteiger partial charge in [0.2, 0.25) is 11.8 Å². The van der Waals surface area contributed by atoms with Crippen LogP contribution in [-0.2, 0) is 16.0 Å². The van der Waals surface area contributed by atoms with Gasteiger partial charge in [-0.3, -0.25) is 9.59 Å². The van der Waals surface area contributed by atoms with E-state index in [0.29, 0.717) is 24.8 Å². The van der Waals surface area contributed by atoms with Crippen LogP contribution in [0.15, 0.2) is 17.5 Å². The summed E-state index contributed by atoms with van der Waals surface area (Å²) in [6, 6.07) is 3.93. The van der Waals surface area contributed by atoms with Crippen molar-refractivity contribution < 1.29 is 9.59 Å². The van der Waals surface area contributed by atoms with Crippen LogP contribution in [-0.4, -0.2) is 35.3 Å². The Balaban J connectivity index is 1.60. The Morgan fingerprint density at radius 2 is 2.08 bits per heavy atom. The quantitative estimate of drug-likeness (QED) is 0.908. The van der Waals surface area contributed by atoms with Gasteiger partial charge in [0.15, 0.2) is 0 Å². The summed E-state index contributed by atoms with van der Waals surface area (Å²) < 4.78 is 0. The molecule has 4 atom stereocenters. The summed E-state index contributed by atoms with van der Waals surface area (Å²) in [4.78, 5) is 28.2. The van der Waals surface area contributed by atoms with Gasteiger partial charge in [-0.1, -0.05) is 32.8 Å². The minimum atomic E-state index is -0.276. The maximum Gasteiger partial charge on any atom is 0.243 e. The number of thiophene rings is 1. The van der Waals surface area contributed by atoms with Gasteiger partial charge in [0.25, 0.3) is 0 Å². The van der Waals surface area contributed by atoms with Gasteiger partial charge < -0.3 is 10.2 Å². The van der Waals surface area contributed by atoms with E-state index in [1.54, 1.807) is 16.2 Å². The van der Waals surface area contributed by atoms with E-state index in [0.717, 1.165) is 24.1 Å². The molecule has 24 heavy (non-hydrogen) atoms. The van der Waals surface area contributed by atoms with Gasteiger partial charge in [-0.15, -0.1) is 11.3 Å². The molecular formula is C19H28N2O2S. The maximum absolute atomic E-state index is 12.8. The van der Waals surface area contributed by atoms with Crippen LogP contribution < -0.4 is 5.32 Å². The smallest absolute Gasteiger partial charge is 0.243 e. The van der Waals surface area contributed by atoms with Crippen molar-refractivity contribution in [3.05, 3.63) is 22.4 Å². The predicted molar refractivity (Wildman–Crippen MR) is 96.9 cm³/mol. The summed E-state index contributed by atoms with van der Waals surface area (Å²) in [7, 11) is 0. The summed E-state index contributed by atoms with van der Waals surface area (Å²) in [6.45, 7) is 5.22. The molecule has 0 bridgehead atoms. The summed E-state index contributed by atoms with van der Waals surface area (Å²) in [5.41, 5.74) is 0. The van der Waals surface area contributed by atoms with Crippen molar-refractivity contribution in [3.8, 4) is 0 Å². The third-order valence-electron chi connectivity index (χ3n) is 5.82. The van der Waals surface area contributed by atoms with Gasteiger partial charge >= 0.3 is 0 Å². The monoisotopic (exact) mass is 348 g/mol. The van der Waals surface area contributed by atoms with E-state index in [1.807, 2.05) is 17.5 Å². The average Bonchev–Trinajstić information content (AvgIpc) is 3.22. The van der Waals surface area contributed by atoms with E-state index in [2.05, 4.69) is 19.2 Å². The molecular weight excluding hydrogens is 320 g/mol. The fraction of sp³-hybridized carbons (Fsp3) is 0.684.